The van der Waals surface area contributed by atoms with Crippen molar-refractivity contribution in [3.8, 4) is 11.5 Å². The van der Waals surface area contributed by atoms with Gasteiger partial charge in [0.05, 0.1) is 16.6 Å². The van der Waals surface area contributed by atoms with Crippen LogP contribution >= 0.6 is 11.8 Å². The van der Waals surface area contributed by atoms with E-state index in [4.69, 9.17) is 0 Å². The second-order valence-electron chi connectivity index (χ2n) is 6.09. The van der Waals surface area contributed by atoms with Crippen LogP contribution in [0.15, 0.2) is 35.4 Å². The van der Waals surface area contributed by atoms with E-state index in [2.05, 4.69) is 9.97 Å². The summed E-state index contributed by atoms with van der Waals surface area (Å²) < 4.78 is 67.8. The quantitative estimate of drug-likeness (QED) is 0.404. The molecular weight excluding hydrogens is 385 g/mol. The largest absolute Gasteiger partial charge is 0.417 e. The van der Waals surface area contributed by atoms with Gasteiger partial charge in [0.15, 0.2) is 5.82 Å². The lowest BCUT2D eigenvalue weighted by molar-refractivity contribution is -0.138. The molecule has 0 aliphatic heterocycles. The van der Waals surface area contributed by atoms with Gasteiger partial charge in [-0.1, -0.05) is 13.0 Å². The first-order chi connectivity index (χ1) is 12.5. The molecule has 2 heterocycles. The van der Waals surface area contributed by atoms with E-state index in [0.717, 1.165) is 19.2 Å². The van der Waals surface area contributed by atoms with Crippen LogP contribution < -0.4 is 0 Å². The predicted molar refractivity (Wildman–Crippen MR) is 94.9 cm³/mol. The third-order valence-electron chi connectivity index (χ3n) is 4.08. The minimum atomic E-state index is -4.50. The number of alkyl halides is 5. The monoisotopic (exact) mass is 401 g/mol. The molecule has 0 amide bonds. The van der Waals surface area contributed by atoms with Gasteiger partial charge in [0.2, 0.25) is 0 Å². The number of aromatic nitrogens is 3. The van der Waals surface area contributed by atoms with Crippen LogP contribution in [-0.4, -0.2) is 20.3 Å². The number of hydrogen-bond donors (Lipinski definition) is 0. The highest BCUT2D eigenvalue weighted by molar-refractivity contribution is 7.99. The molecule has 27 heavy (non-hydrogen) atoms. The Kier molecular flexibility index (Phi) is 4.92. The fourth-order valence-corrected chi connectivity index (χ4v) is 3.52. The lowest BCUT2D eigenvalue weighted by Gasteiger charge is -2.12. The van der Waals surface area contributed by atoms with Gasteiger partial charge in [-0.3, -0.25) is 4.98 Å². The molecule has 0 N–H and O–H groups in total. The van der Waals surface area contributed by atoms with Crippen LogP contribution in [0.4, 0.5) is 22.0 Å². The molecule has 0 atom stereocenters. The minimum absolute atomic E-state index is 0.178. The first-order valence-corrected chi connectivity index (χ1v) is 9.06. The van der Waals surface area contributed by atoms with Crippen molar-refractivity contribution in [1.29, 1.82) is 0 Å². The third-order valence-corrected chi connectivity index (χ3v) is 4.99. The van der Waals surface area contributed by atoms with Crippen molar-refractivity contribution >= 4 is 22.8 Å². The van der Waals surface area contributed by atoms with Crippen molar-refractivity contribution in [1.82, 2.24) is 14.5 Å². The summed E-state index contributed by atoms with van der Waals surface area (Å²) in [4.78, 5) is 8.69. The van der Waals surface area contributed by atoms with E-state index in [1.54, 1.807) is 11.6 Å². The van der Waals surface area contributed by atoms with Crippen molar-refractivity contribution in [3.05, 3.63) is 41.6 Å². The fraction of sp³-hybridized carbons (Fsp3) is 0.333. The summed E-state index contributed by atoms with van der Waals surface area (Å²) in [5.41, 5.74) is 0.197. The minimum Gasteiger partial charge on any atom is -0.326 e. The Morgan fingerprint density at radius 1 is 1.07 bits per heavy atom. The van der Waals surface area contributed by atoms with Gasteiger partial charge in [-0.25, -0.2) is 13.8 Å². The zero-order valence-electron chi connectivity index (χ0n) is 14.7. The molecule has 9 heteroatoms. The summed E-state index contributed by atoms with van der Waals surface area (Å²) in [6.07, 6.45) is -3.73. The number of nitrogens with zero attached hydrogens (tertiary/aromatic N) is 3. The molecule has 3 nitrogen and oxygen atoms in total. The normalized spacial score (nSPS) is 12.7. The number of thioether (sulfide) groups is 1. The van der Waals surface area contributed by atoms with Crippen LogP contribution in [0, 0.1) is 0 Å². The van der Waals surface area contributed by atoms with E-state index in [0.29, 0.717) is 33.2 Å². The van der Waals surface area contributed by atoms with Crippen LogP contribution in [0.1, 0.15) is 25.0 Å². The second-order valence-corrected chi connectivity index (χ2v) is 7.39. The van der Waals surface area contributed by atoms with Gasteiger partial charge >= 0.3 is 6.18 Å². The highest BCUT2D eigenvalue weighted by Gasteiger charge is 2.32. The molecule has 0 saturated heterocycles. The summed E-state index contributed by atoms with van der Waals surface area (Å²) in [5, 5.41) is 0. The van der Waals surface area contributed by atoms with Crippen molar-refractivity contribution in [3.63, 3.8) is 0 Å². The molecule has 0 fully saturated rings. The van der Waals surface area contributed by atoms with E-state index in [1.807, 2.05) is 6.92 Å². The summed E-state index contributed by atoms with van der Waals surface area (Å²) in [5.74, 6) is -2.14. The molecule has 0 spiro atoms. The molecule has 0 saturated carbocycles. The highest BCUT2D eigenvalue weighted by Crippen LogP contribution is 2.37. The smallest absolute Gasteiger partial charge is 0.326 e. The number of benzene rings is 1. The van der Waals surface area contributed by atoms with Gasteiger partial charge in [-0.15, -0.1) is 11.8 Å². The van der Waals surface area contributed by atoms with Crippen molar-refractivity contribution in [2.24, 2.45) is 7.05 Å². The third kappa shape index (κ3) is 3.78. The first kappa shape index (κ1) is 19.6. The predicted octanol–water partition coefficient (Wildman–Crippen LogP) is 5.88. The Labute approximate surface area is 156 Å². The van der Waals surface area contributed by atoms with Gasteiger partial charge < -0.3 is 4.57 Å². The van der Waals surface area contributed by atoms with Gasteiger partial charge in [0.1, 0.15) is 5.69 Å². The molecule has 2 aromatic heterocycles. The van der Waals surface area contributed by atoms with Crippen LogP contribution in [-0.2, 0) is 19.1 Å². The molecule has 0 radical (unpaired) electrons. The number of hydrogen-bond acceptors (Lipinski definition) is 3. The zero-order chi connectivity index (χ0) is 20.0. The zero-order valence-corrected chi connectivity index (χ0v) is 15.6. The number of rotatable bonds is 4. The van der Waals surface area contributed by atoms with Crippen molar-refractivity contribution in [2.45, 2.75) is 30.8 Å². The maximum atomic E-state index is 13.6. The Bertz CT molecular complexity index is 989. The highest BCUT2D eigenvalue weighted by atomic mass is 32.2. The van der Waals surface area contributed by atoms with E-state index < -0.39 is 17.7 Å². The average Bonchev–Trinajstić information content (AvgIpc) is 2.90. The van der Waals surface area contributed by atoms with E-state index >= 15 is 0 Å². The molecule has 0 aliphatic carbocycles. The summed E-state index contributed by atoms with van der Waals surface area (Å²) >= 11 is 1.22. The SMILES string of the molecule is CCSc1cc(C(F)(F)F)cnc1-c1nc2cc(C(C)(F)F)ccc2n1C. The number of halogens is 5. The summed E-state index contributed by atoms with van der Waals surface area (Å²) in [6.45, 7) is 2.62. The maximum absolute atomic E-state index is 13.6. The molecule has 3 aromatic rings. The first-order valence-electron chi connectivity index (χ1n) is 8.07. The molecule has 1 aromatic carbocycles. The Hall–Kier alpha value is -2.16. The van der Waals surface area contributed by atoms with E-state index in [1.165, 1.54) is 30.0 Å². The topological polar surface area (TPSA) is 30.7 Å². The summed E-state index contributed by atoms with van der Waals surface area (Å²) in [6, 6.07) is 5.17. The van der Waals surface area contributed by atoms with E-state index in [9.17, 15) is 22.0 Å². The molecule has 0 unspecified atom stereocenters. The summed E-state index contributed by atoms with van der Waals surface area (Å²) in [7, 11) is 1.67. The second kappa shape index (κ2) is 6.78. The Morgan fingerprint density at radius 2 is 1.78 bits per heavy atom. The van der Waals surface area contributed by atoms with Crippen LogP contribution in [0.2, 0.25) is 0 Å². The molecule has 3 rings (SSSR count). The maximum Gasteiger partial charge on any atom is 0.417 e. The number of aryl methyl sites for hydroxylation is 1. The Morgan fingerprint density at radius 3 is 2.37 bits per heavy atom. The standard InChI is InChI=1S/C18H16F5N3S/c1-4-27-14-8-11(18(21,22)23)9-24-15(14)16-25-12-7-10(17(2,19)20)5-6-13(12)26(16)3/h5-9H,4H2,1-3H3. The van der Waals surface area contributed by atoms with Gasteiger partial charge in [-0.2, -0.15) is 13.2 Å². The average molecular weight is 401 g/mol. The molecule has 0 aliphatic rings. The van der Waals surface area contributed by atoms with Crippen molar-refractivity contribution in [2.75, 3.05) is 5.75 Å². The van der Waals surface area contributed by atoms with Crippen LogP contribution in [0.3, 0.4) is 0 Å². The lowest BCUT2D eigenvalue weighted by atomic mass is 10.1. The molecule has 0 bridgehead atoms. The molecular formula is C18H16F5N3S. The van der Waals surface area contributed by atoms with Gasteiger partial charge in [-0.05, 0) is 24.0 Å². The van der Waals surface area contributed by atoms with Gasteiger partial charge in [0.25, 0.3) is 5.92 Å². The fourth-order valence-electron chi connectivity index (χ4n) is 2.72. The molecule has 144 valence electrons. The van der Waals surface area contributed by atoms with Crippen molar-refractivity contribution < 1.29 is 22.0 Å². The van der Waals surface area contributed by atoms with Gasteiger partial charge in [0, 0.05) is 30.6 Å². The number of imidazole rings is 1. The van der Waals surface area contributed by atoms with E-state index in [-0.39, 0.29) is 5.56 Å². The number of fused-ring (bicyclic) bond motifs is 1. The lowest BCUT2D eigenvalue weighted by Crippen LogP contribution is -2.07. The number of pyridine rings is 1. The van der Waals surface area contributed by atoms with Crippen LogP contribution in [0.25, 0.3) is 22.6 Å². The Balaban J connectivity index is 2.18. The van der Waals surface area contributed by atoms with Crippen LogP contribution in [0.5, 0.6) is 0 Å².